The fraction of sp³-hybridized carbons (Fsp3) is 0.917. The van der Waals surface area contributed by atoms with E-state index in [-0.39, 0.29) is 32.1 Å². The molecule has 124 valence electrons. The SMILES string of the molecule is CC(C)(C)C(=O)N1CCN(S(=O)(=O)CCC(F)(F)F)CC1. The summed E-state index contributed by atoms with van der Waals surface area (Å²) in [7, 11) is -3.93. The van der Waals surface area contributed by atoms with Crippen LogP contribution in [0.25, 0.3) is 0 Å². The number of rotatable bonds is 3. The lowest BCUT2D eigenvalue weighted by atomic mass is 9.94. The maximum atomic E-state index is 12.1. The molecule has 0 aromatic carbocycles. The van der Waals surface area contributed by atoms with Gasteiger partial charge in [-0.25, -0.2) is 8.42 Å². The van der Waals surface area contributed by atoms with Crippen LogP contribution in [0.3, 0.4) is 0 Å². The molecule has 0 unspecified atom stereocenters. The van der Waals surface area contributed by atoms with E-state index in [1.165, 1.54) is 0 Å². The third-order valence-corrected chi connectivity index (χ3v) is 5.08. The predicted octanol–water partition coefficient (Wildman–Crippen LogP) is 1.46. The van der Waals surface area contributed by atoms with E-state index in [1.54, 1.807) is 25.7 Å². The highest BCUT2D eigenvalue weighted by atomic mass is 32.2. The number of halogens is 3. The molecule has 0 spiro atoms. The molecule has 0 N–H and O–H groups in total. The molecular formula is C12H21F3N2O3S. The van der Waals surface area contributed by atoms with E-state index in [2.05, 4.69) is 0 Å². The fourth-order valence-electron chi connectivity index (χ4n) is 2.02. The topological polar surface area (TPSA) is 57.7 Å². The smallest absolute Gasteiger partial charge is 0.340 e. The average molecular weight is 330 g/mol. The maximum Gasteiger partial charge on any atom is 0.390 e. The van der Waals surface area contributed by atoms with Crippen molar-refractivity contribution in [3.05, 3.63) is 0 Å². The second-order valence-electron chi connectivity index (χ2n) is 6.12. The number of hydrogen-bond donors (Lipinski definition) is 0. The van der Waals surface area contributed by atoms with Crippen molar-refractivity contribution in [2.75, 3.05) is 31.9 Å². The molecule has 1 heterocycles. The third-order valence-electron chi connectivity index (χ3n) is 3.20. The van der Waals surface area contributed by atoms with Gasteiger partial charge >= 0.3 is 6.18 Å². The van der Waals surface area contributed by atoms with Crippen molar-refractivity contribution in [1.29, 1.82) is 0 Å². The van der Waals surface area contributed by atoms with Gasteiger partial charge in [0.2, 0.25) is 15.9 Å². The molecule has 1 aliphatic rings. The number of sulfonamides is 1. The minimum Gasteiger partial charge on any atom is -0.340 e. The van der Waals surface area contributed by atoms with E-state index >= 15 is 0 Å². The molecule has 0 aromatic heterocycles. The van der Waals surface area contributed by atoms with Crippen LogP contribution in [0, 0.1) is 5.41 Å². The number of alkyl halides is 3. The summed E-state index contributed by atoms with van der Waals surface area (Å²) in [6.45, 7) is 5.80. The molecule has 0 radical (unpaired) electrons. The summed E-state index contributed by atoms with van der Waals surface area (Å²) in [4.78, 5) is 13.6. The largest absolute Gasteiger partial charge is 0.390 e. The lowest BCUT2D eigenvalue weighted by Gasteiger charge is -2.37. The molecule has 1 saturated heterocycles. The van der Waals surface area contributed by atoms with Gasteiger partial charge in [0, 0.05) is 31.6 Å². The van der Waals surface area contributed by atoms with E-state index in [9.17, 15) is 26.4 Å². The summed E-state index contributed by atoms with van der Waals surface area (Å²) in [6, 6.07) is 0. The number of carbonyl (C=O) groups excluding carboxylic acids is 1. The van der Waals surface area contributed by atoms with Gasteiger partial charge in [0.25, 0.3) is 0 Å². The summed E-state index contributed by atoms with van der Waals surface area (Å²) in [5, 5.41) is 0. The highest BCUT2D eigenvalue weighted by Gasteiger charge is 2.35. The molecule has 0 saturated carbocycles. The number of hydrogen-bond acceptors (Lipinski definition) is 3. The summed E-state index contributed by atoms with van der Waals surface area (Å²) in [6.07, 6.45) is -5.84. The normalized spacial score (nSPS) is 18.9. The first-order valence-corrected chi connectivity index (χ1v) is 8.28. The van der Waals surface area contributed by atoms with Crippen molar-refractivity contribution in [2.24, 2.45) is 5.41 Å². The lowest BCUT2D eigenvalue weighted by molar-refractivity contribution is -0.140. The number of piperazine rings is 1. The van der Waals surface area contributed by atoms with Crippen molar-refractivity contribution in [3.8, 4) is 0 Å². The van der Waals surface area contributed by atoms with E-state index < -0.39 is 33.8 Å². The zero-order valence-corrected chi connectivity index (χ0v) is 13.2. The molecule has 9 heteroatoms. The van der Waals surface area contributed by atoms with Gasteiger partial charge < -0.3 is 4.90 Å². The summed E-state index contributed by atoms with van der Waals surface area (Å²) in [5.74, 6) is -1.03. The first kappa shape index (κ1) is 18.2. The Morgan fingerprint density at radius 1 is 1.05 bits per heavy atom. The first-order valence-electron chi connectivity index (χ1n) is 6.67. The van der Waals surface area contributed by atoms with Gasteiger partial charge in [0.05, 0.1) is 12.2 Å². The van der Waals surface area contributed by atoms with E-state index in [0.29, 0.717) is 0 Å². The Morgan fingerprint density at radius 3 is 1.90 bits per heavy atom. The predicted molar refractivity (Wildman–Crippen MR) is 72.1 cm³/mol. The van der Waals surface area contributed by atoms with Crippen LogP contribution < -0.4 is 0 Å². The van der Waals surface area contributed by atoms with Crippen LogP contribution in [-0.2, 0) is 14.8 Å². The van der Waals surface area contributed by atoms with E-state index in [1.807, 2.05) is 0 Å². The van der Waals surface area contributed by atoms with Gasteiger partial charge in [-0.3, -0.25) is 4.79 Å². The second kappa shape index (κ2) is 6.12. The van der Waals surface area contributed by atoms with Crippen molar-refractivity contribution in [2.45, 2.75) is 33.4 Å². The van der Waals surface area contributed by atoms with Gasteiger partial charge in [0.1, 0.15) is 0 Å². The van der Waals surface area contributed by atoms with Crippen LogP contribution in [-0.4, -0.2) is 61.6 Å². The molecule has 21 heavy (non-hydrogen) atoms. The summed E-state index contributed by atoms with van der Waals surface area (Å²) in [5.41, 5.74) is -0.558. The van der Waals surface area contributed by atoms with E-state index in [0.717, 1.165) is 4.31 Å². The van der Waals surface area contributed by atoms with Crippen molar-refractivity contribution in [1.82, 2.24) is 9.21 Å². The molecule has 1 fully saturated rings. The Kier molecular flexibility index (Phi) is 5.31. The summed E-state index contributed by atoms with van der Waals surface area (Å²) < 4.78 is 61.0. The van der Waals surface area contributed by atoms with Crippen LogP contribution in [0.15, 0.2) is 0 Å². The molecule has 0 aliphatic carbocycles. The number of carbonyl (C=O) groups is 1. The minimum absolute atomic E-state index is 0.0437. The molecule has 0 atom stereocenters. The third kappa shape index (κ3) is 5.46. The van der Waals surface area contributed by atoms with Gasteiger partial charge in [-0.15, -0.1) is 0 Å². The minimum atomic E-state index is -4.49. The van der Waals surface area contributed by atoms with Gasteiger partial charge in [-0.05, 0) is 0 Å². The highest BCUT2D eigenvalue weighted by molar-refractivity contribution is 7.89. The van der Waals surface area contributed by atoms with Crippen molar-refractivity contribution >= 4 is 15.9 Å². The van der Waals surface area contributed by atoms with Crippen LogP contribution in [0.1, 0.15) is 27.2 Å². The molecule has 0 aromatic rings. The second-order valence-corrected chi connectivity index (χ2v) is 8.21. The van der Waals surface area contributed by atoms with E-state index in [4.69, 9.17) is 0 Å². The van der Waals surface area contributed by atoms with Crippen LogP contribution in [0.2, 0.25) is 0 Å². The quantitative estimate of drug-likeness (QED) is 0.787. The standard InChI is InChI=1S/C12H21F3N2O3S/c1-11(2,3)10(18)16-5-7-17(8-6-16)21(19,20)9-4-12(13,14)15/h4-9H2,1-3H3. The molecule has 1 aliphatic heterocycles. The Hall–Kier alpha value is -0.830. The Morgan fingerprint density at radius 2 is 1.52 bits per heavy atom. The van der Waals surface area contributed by atoms with Crippen molar-refractivity contribution < 1.29 is 26.4 Å². The van der Waals surface area contributed by atoms with Crippen LogP contribution >= 0.6 is 0 Å². The molecular weight excluding hydrogens is 309 g/mol. The maximum absolute atomic E-state index is 12.1. The van der Waals surface area contributed by atoms with Crippen LogP contribution in [0.5, 0.6) is 0 Å². The summed E-state index contributed by atoms with van der Waals surface area (Å²) >= 11 is 0. The van der Waals surface area contributed by atoms with Crippen molar-refractivity contribution in [3.63, 3.8) is 0 Å². The number of amides is 1. The Bertz CT molecular complexity index is 475. The average Bonchev–Trinajstić information content (AvgIpc) is 2.34. The van der Waals surface area contributed by atoms with Gasteiger partial charge in [0.15, 0.2) is 0 Å². The zero-order chi connectivity index (χ0) is 16.5. The zero-order valence-electron chi connectivity index (χ0n) is 12.4. The fourth-order valence-corrected chi connectivity index (χ4v) is 3.48. The first-order chi connectivity index (χ1) is 9.33. The van der Waals surface area contributed by atoms with Gasteiger partial charge in [-0.1, -0.05) is 20.8 Å². The highest BCUT2D eigenvalue weighted by Crippen LogP contribution is 2.23. The molecule has 1 rings (SSSR count). The molecule has 5 nitrogen and oxygen atoms in total. The van der Waals surface area contributed by atoms with Crippen LogP contribution in [0.4, 0.5) is 13.2 Å². The Labute approximate surface area is 123 Å². The lowest BCUT2D eigenvalue weighted by Crippen LogP contribution is -2.53. The molecule has 1 amide bonds. The number of nitrogens with zero attached hydrogens (tertiary/aromatic N) is 2. The Balaban J connectivity index is 2.58. The monoisotopic (exact) mass is 330 g/mol. The van der Waals surface area contributed by atoms with Gasteiger partial charge in [-0.2, -0.15) is 17.5 Å². The molecule has 0 bridgehead atoms.